The molecule has 4 heteroatoms. The van der Waals surface area contributed by atoms with Crippen LogP contribution in [0.5, 0.6) is 11.5 Å². The molecule has 2 rings (SSSR count). The lowest BCUT2D eigenvalue weighted by atomic mass is 10.2. The van der Waals surface area contributed by atoms with Gasteiger partial charge in [-0.3, -0.25) is 0 Å². The fraction of sp³-hybridized carbons (Fsp3) is 0.333. The average Bonchev–Trinajstić information content (AvgIpc) is 2.51. The number of hydrogen-bond acceptors (Lipinski definition) is 3. The Morgan fingerprint density at radius 2 is 2.12 bits per heavy atom. The standard InChI is InChI=1S/C12H13ClO3/c13-10-7-9(3-1-4-14)8-11-12(10)16-6-2-5-15-11/h1,3,7-8,14H,2,4-6H2/b3-1+. The number of fused-ring (bicyclic) bond motifs is 1. The molecule has 0 fully saturated rings. The third kappa shape index (κ3) is 2.49. The van der Waals surface area contributed by atoms with Crippen LogP contribution in [0.25, 0.3) is 6.08 Å². The van der Waals surface area contributed by atoms with Gasteiger partial charge in [0.05, 0.1) is 24.8 Å². The lowest BCUT2D eigenvalue weighted by molar-refractivity contribution is 0.297. The second-order valence-electron chi connectivity index (χ2n) is 3.47. The van der Waals surface area contributed by atoms with Crippen LogP contribution < -0.4 is 9.47 Å². The van der Waals surface area contributed by atoms with E-state index in [4.69, 9.17) is 26.2 Å². The Morgan fingerprint density at radius 3 is 2.94 bits per heavy atom. The van der Waals surface area contributed by atoms with Crippen LogP contribution in [0.2, 0.25) is 5.02 Å². The van der Waals surface area contributed by atoms with Crippen LogP contribution in [0, 0.1) is 0 Å². The average molecular weight is 241 g/mol. The minimum absolute atomic E-state index is 0.00601. The topological polar surface area (TPSA) is 38.7 Å². The molecule has 0 unspecified atom stereocenters. The molecule has 16 heavy (non-hydrogen) atoms. The fourth-order valence-corrected chi connectivity index (χ4v) is 1.81. The second-order valence-corrected chi connectivity index (χ2v) is 3.87. The molecular formula is C12H13ClO3. The van der Waals surface area contributed by atoms with E-state index in [1.165, 1.54) is 0 Å². The van der Waals surface area contributed by atoms with Crippen LogP contribution in [-0.4, -0.2) is 24.9 Å². The molecule has 1 aromatic carbocycles. The molecule has 3 nitrogen and oxygen atoms in total. The predicted molar refractivity (Wildman–Crippen MR) is 63.2 cm³/mol. The van der Waals surface area contributed by atoms with Crippen molar-refractivity contribution in [1.29, 1.82) is 0 Å². The van der Waals surface area contributed by atoms with E-state index in [9.17, 15) is 0 Å². The monoisotopic (exact) mass is 240 g/mol. The van der Waals surface area contributed by atoms with Crippen molar-refractivity contribution >= 4 is 17.7 Å². The zero-order valence-electron chi connectivity index (χ0n) is 8.78. The molecule has 1 N–H and O–H groups in total. The highest BCUT2D eigenvalue weighted by molar-refractivity contribution is 6.32. The summed E-state index contributed by atoms with van der Waals surface area (Å²) in [5.74, 6) is 1.28. The first-order valence-electron chi connectivity index (χ1n) is 5.18. The van der Waals surface area contributed by atoms with Gasteiger partial charge in [-0.15, -0.1) is 0 Å². The Hall–Kier alpha value is -1.19. The maximum Gasteiger partial charge on any atom is 0.179 e. The number of aliphatic hydroxyl groups is 1. The van der Waals surface area contributed by atoms with Gasteiger partial charge < -0.3 is 14.6 Å². The van der Waals surface area contributed by atoms with E-state index in [1.54, 1.807) is 18.2 Å². The van der Waals surface area contributed by atoms with Gasteiger partial charge in [-0.25, -0.2) is 0 Å². The predicted octanol–water partition coefficient (Wildman–Crippen LogP) is 2.51. The van der Waals surface area contributed by atoms with E-state index in [2.05, 4.69) is 0 Å². The van der Waals surface area contributed by atoms with E-state index >= 15 is 0 Å². The summed E-state index contributed by atoms with van der Waals surface area (Å²) in [6.07, 6.45) is 4.29. The third-order valence-electron chi connectivity index (χ3n) is 2.24. The zero-order valence-corrected chi connectivity index (χ0v) is 9.54. The number of benzene rings is 1. The van der Waals surface area contributed by atoms with Gasteiger partial charge in [0.1, 0.15) is 0 Å². The molecule has 0 atom stereocenters. The first-order chi connectivity index (χ1) is 7.81. The normalized spacial score (nSPS) is 15.1. The highest BCUT2D eigenvalue weighted by atomic mass is 35.5. The van der Waals surface area contributed by atoms with Crippen LogP contribution in [0.3, 0.4) is 0 Å². The molecule has 1 aliphatic heterocycles. The highest BCUT2D eigenvalue weighted by Gasteiger charge is 2.14. The largest absolute Gasteiger partial charge is 0.489 e. The Kier molecular flexibility index (Phi) is 3.70. The molecule has 1 aromatic rings. The summed E-state index contributed by atoms with van der Waals surface area (Å²) in [5, 5.41) is 9.24. The summed E-state index contributed by atoms with van der Waals surface area (Å²) in [4.78, 5) is 0. The fourth-order valence-electron chi connectivity index (χ4n) is 1.54. The Morgan fingerprint density at radius 1 is 1.31 bits per heavy atom. The first kappa shape index (κ1) is 11.3. The highest BCUT2D eigenvalue weighted by Crippen LogP contribution is 2.38. The van der Waals surface area contributed by atoms with Crippen molar-refractivity contribution < 1.29 is 14.6 Å². The number of aliphatic hydroxyl groups excluding tert-OH is 1. The van der Waals surface area contributed by atoms with E-state index < -0.39 is 0 Å². The molecule has 0 spiro atoms. The van der Waals surface area contributed by atoms with Crippen LogP contribution in [0.4, 0.5) is 0 Å². The maximum atomic E-state index is 8.70. The van der Waals surface area contributed by atoms with Crippen molar-refractivity contribution in [2.24, 2.45) is 0 Å². The van der Waals surface area contributed by atoms with E-state index in [1.807, 2.05) is 6.07 Å². The molecule has 86 valence electrons. The van der Waals surface area contributed by atoms with Crippen molar-refractivity contribution in [2.45, 2.75) is 6.42 Å². The molecule has 1 heterocycles. The van der Waals surface area contributed by atoms with Gasteiger partial charge in [-0.05, 0) is 17.7 Å². The van der Waals surface area contributed by atoms with E-state index in [-0.39, 0.29) is 6.61 Å². The molecule has 0 aromatic heterocycles. The molecule has 0 aliphatic carbocycles. The smallest absolute Gasteiger partial charge is 0.179 e. The second kappa shape index (κ2) is 5.23. The van der Waals surface area contributed by atoms with Gasteiger partial charge in [0.25, 0.3) is 0 Å². The van der Waals surface area contributed by atoms with Gasteiger partial charge in [0.15, 0.2) is 11.5 Å². The summed E-state index contributed by atoms with van der Waals surface area (Å²) in [6, 6.07) is 3.65. The van der Waals surface area contributed by atoms with E-state index in [0.29, 0.717) is 29.7 Å². The summed E-state index contributed by atoms with van der Waals surface area (Å²) in [5.41, 5.74) is 0.892. The lowest BCUT2D eigenvalue weighted by Gasteiger charge is -2.09. The van der Waals surface area contributed by atoms with Crippen LogP contribution in [0.15, 0.2) is 18.2 Å². The van der Waals surface area contributed by atoms with Gasteiger partial charge in [-0.2, -0.15) is 0 Å². The van der Waals surface area contributed by atoms with Gasteiger partial charge in [-0.1, -0.05) is 23.8 Å². The summed E-state index contributed by atoms with van der Waals surface area (Å²) >= 11 is 6.10. The Bertz CT molecular complexity index is 401. The third-order valence-corrected chi connectivity index (χ3v) is 2.52. The number of halogens is 1. The Balaban J connectivity index is 2.35. The molecule has 0 radical (unpaired) electrons. The van der Waals surface area contributed by atoms with Crippen LogP contribution in [0.1, 0.15) is 12.0 Å². The number of rotatable bonds is 2. The molecule has 0 saturated heterocycles. The molecular weight excluding hydrogens is 228 g/mol. The number of ether oxygens (including phenoxy) is 2. The quantitative estimate of drug-likeness (QED) is 0.863. The van der Waals surface area contributed by atoms with Crippen molar-refractivity contribution in [3.05, 3.63) is 28.8 Å². The van der Waals surface area contributed by atoms with Crippen molar-refractivity contribution in [3.8, 4) is 11.5 Å². The van der Waals surface area contributed by atoms with Crippen LogP contribution in [-0.2, 0) is 0 Å². The minimum atomic E-state index is 0.00601. The summed E-state index contributed by atoms with van der Waals surface area (Å²) < 4.78 is 11.1. The SMILES string of the molecule is OC/C=C/c1cc(Cl)c2c(c1)OCCCO2. The number of hydrogen-bond donors (Lipinski definition) is 1. The van der Waals surface area contributed by atoms with Crippen LogP contribution >= 0.6 is 11.6 Å². The van der Waals surface area contributed by atoms with E-state index in [0.717, 1.165) is 12.0 Å². The van der Waals surface area contributed by atoms with Crippen molar-refractivity contribution in [3.63, 3.8) is 0 Å². The summed E-state index contributed by atoms with van der Waals surface area (Å²) in [6.45, 7) is 1.26. The zero-order chi connectivity index (χ0) is 11.4. The summed E-state index contributed by atoms with van der Waals surface area (Å²) in [7, 11) is 0. The molecule has 0 bridgehead atoms. The molecule has 0 saturated carbocycles. The van der Waals surface area contributed by atoms with Crippen molar-refractivity contribution in [2.75, 3.05) is 19.8 Å². The Labute approximate surface area is 99.3 Å². The van der Waals surface area contributed by atoms with Gasteiger partial charge >= 0.3 is 0 Å². The molecule has 1 aliphatic rings. The van der Waals surface area contributed by atoms with Crippen molar-refractivity contribution in [1.82, 2.24) is 0 Å². The van der Waals surface area contributed by atoms with Gasteiger partial charge in [0, 0.05) is 6.42 Å². The first-order valence-corrected chi connectivity index (χ1v) is 5.55. The minimum Gasteiger partial charge on any atom is -0.489 e. The maximum absolute atomic E-state index is 8.70. The lowest BCUT2D eigenvalue weighted by Crippen LogP contribution is -1.97. The molecule has 0 amide bonds. The van der Waals surface area contributed by atoms with Gasteiger partial charge in [0.2, 0.25) is 0 Å².